The fraction of sp³-hybridized carbons (Fsp3) is 0.500. The molecule has 8 heteroatoms. The van der Waals surface area contributed by atoms with Crippen LogP contribution in [0.2, 0.25) is 5.02 Å². The van der Waals surface area contributed by atoms with Crippen molar-refractivity contribution in [1.82, 2.24) is 9.80 Å². The monoisotopic (exact) mass is 355 g/mol. The second-order valence-corrected chi connectivity index (χ2v) is 6.83. The lowest BCUT2D eigenvalue weighted by Crippen LogP contribution is -2.52. The van der Waals surface area contributed by atoms with Gasteiger partial charge < -0.3 is 15.0 Å². The zero-order chi connectivity index (χ0) is 17.3. The van der Waals surface area contributed by atoms with E-state index >= 15 is 0 Å². The second kappa shape index (κ2) is 6.57. The Bertz CT molecular complexity index is 672. The van der Waals surface area contributed by atoms with Gasteiger partial charge in [0.15, 0.2) is 0 Å². The van der Waals surface area contributed by atoms with Crippen LogP contribution in [0.3, 0.4) is 0 Å². The van der Waals surface area contributed by atoms with Gasteiger partial charge in [-0.1, -0.05) is 11.6 Å². The first-order chi connectivity index (χ1) is 11.4. The number of hydrogen-bond acceptors (Lipinski definition) is 4. The van der Waals surface area contributed by atoms with Gasteiger partial charge in [0.2, 0.25) is 5.91 Å². The van der Waals surface area contributed by atoms with Gasteiger partial charge in [-0.2, -0.15) is 0 Å². The van der Waals surface area contributed by atoms with Crippen LogP contribution in [0, 0.1) is 5.82 Å². The van der Waals surface area contributed by atoms with Crippen molar-refractivity contribution in [3.63, 3.8) is 0 Å². The van der Waals surface area contributed by atoms with E-state index in [1.807, 2.05) is 4.90 Å². The summed E-state index contributed by atoms with van der Waals surface area (Å²) in [6, 6.07) is 4.10. The van der Waals surface area contributed by atoms with Crippen LogP contribution in [0.1, 0.15) is 12.8 Å². The average Bonchev–Trinajstić information content (AvgIpc) is 2.76. The molecule has 0 bridgehead atoms. The molecule has 130 valence electrons. The summed E-state index contributed by atoms with van der Waals surface area (Å²) in [5.41, 5.74) is -0.446. The molecule has 1 aromatic carbocycles. The molecule has 2 aliphatic rings. The number of likely N-dealkylation sites (N-methyl/N-ethyl adjacent to an activating group) is 1. The fourth-order valence-corrected chi connectivity index (χ4v) is 3.47. The highest BCUT2D eigenvalue weighted by Gasteiger charge is 2.46. The molecule has 2 fully saturated rings. The summed E-state index contributed by atoms with van der Waals surface area (Å²) in [6.07, 6.45) is 1.29. The Labute approximate surface area is 144 Å². The summed E-state index contributed by atoms with van der Waals surface area (Å²) in [7, 11) is 1.70. The number of nitrogens with zero attached hydrogens (tertiary/aromatic N) is 2. The van der Waals surface area contributed by atoms with Crippen LogP contribution >= 0.6 is 11.6 Å². The summed E-state index contributed by atoms with van der Waals surface area (Å²) >= 11 is 5.70. The highest BCUT2D eigenvalue weighted by Crippen LogP contribution is 2.31. The van der Waals surface area contributed by atoms with Crippen molar-refractivity contribution in [2.24, 2.45) is 0 Å². The summed E-state index contributed by atoms with van der Waals surface area (Å²) in [5, 5.41) is 2.82. The minimum Gasteiger partial charge on any atom is -0.440 e. The van der Waals surface area contributed by atoms with Crippen molar-refractivity contribution < 1.29 is 18.7 Å². The van der Waals surface area contributed by atoms with Gasteiger partial charge >= 0.3 is 6.09 Å². The van der Waals surface area contributed by atoms with Crippen LogP contribution in [0.15, 0.2) is 18.2 Å². The van der Waals surface area contributed by atoms with Crippen LogP contribution in [-0.2, 0) is 9.53 Å². The second-order valence-electron chi connectivity index (χ2n) is 6.39. The molecule has 1 aromatic rings. The SMILES string of the molecule is CN1C[C@@]2(CCCN(CC(=O)Nc3ccc(Cl)cc3F)C2)OC1=O. The number of rotatable bonds is 3. The summed E-state index contributed by atoms with van der Waals surface area (Å²) in [5.74, 6) is -0.886. The number of anilines is 1. The van der Waals surface area contributed by atoms with Gasteiger partial charge in [-0.25, -0.2) is 9.18 Å². The molecular weight excluding hydrogens is 337 g/mol. The molecular formula is C16H19ClFN3O3. The zero-order valence-electron chi connectivity index (χ0n) is 13.3. The molecule has 2 aliphatic heterocycles. The molecule has 2 saturated heterocycles. The topological polar surface area (TPSA) is 61.9 Å². The van der Waals surface area contributed by atoms with Crippen LogP contribution < -0.4 is 5.32 Å². The minimum absolute atomic E-state index is 0.100. The van der Waals surface area contributed by atoms with Crippen LogP contribution in [0.25, 0.3) is 0 Å². The number of carbonyl (C=O) groups excluding carboxylic acids is 2. The standard InChI is InChI=1S/C16H19ClFN3O3/c1-20-9-16(24-15(20)23)5-2-6-21(10-16)8-14(22)19-13-4-3-11(17)7-12(13)18/h3-4,7H,2,5-6,8-10H2,1H3,(H,19,22)/t16-/m1/s1. The lowest BCUT2D eigenvalue weighted by atomic mass is 9.93. The number of carbonyl (C=O) groups is 2. The smallest absolute Gasteiger partial charge is 0.410 e. The molecule has 1 N–H and O–H groups in total. The number of amides is 2. The number of nitrogens with one attached hydrogen (secondary N) is 1. The Balaban J connectivity index is 1.59. The molecule has 6 nitrogen and oxygen atoms in total. The summed E-state index contributed by atoms with van der Waals surface area (Å²) in [6.45, 7) is 1.87. The Hall–Kier alpha value is -1.86. The maximum Gasteiger partial charge on any atom is 0.410 e. The molecule has 3 rings (SSSR count). The number of benzene rings is 1. The van der Waals surface area contributed by atoms with Crippen molar-refractivity contribution in [3.8, 4) is 0 Å². The van der Waals surface area contributed by atoms with Gasteiger partial charge in [-0.3, -0.25) is 9.69 Å². The maximum atomic E-state index is 13.7. The van der Waals surface area contributed by atoms with Gasteiger partial charge in [0.25, 0.3) is 0 Å². The quantitative estimate of drug-likeness (QED) is 0.904. The average molecular weight is 356 g/mol. The first kappa shape index (κ1) is 17.0. The molecule has 0 aliphatic carbocycles. The number of piperidine rings is 1. The van der Waals surface area contributed by atoms with Crippen molar-refractivity contribution in [2.45, 2.75) is 18.4 Å². The predicted octanol–water partition coefficient (Wildman–Crippen LogP) is 2.33. The first-order valence-electron chi connectivity index (χ1n) is 7.78. The molecule has 0 radical (unpaired) electrons. The number of likely N-dealkylation sites (tertiary alicyclic amines) is 1. The largest absolute Gasteiger partial charge is 0.440 e. The summed E-state index contributed by atoms with van der Waals surface area (Å²) < 4.78 is 19.2. The van der Waals surface area contributed by atoms with E-state index in [4.69, 9.17) is 16.3 Å². The normalized spacial score (nSPS) is 24.3. The number of ether oxygens (including phenoxy) is 1. The van der Waals surface area contributed by atoms with E-state index < -0.39 is 11.4 Å². The Morgan fingerprint density at radius 3 is 2.92 bits per heavy atom. The van der Waals surface area contributed by atoms with Gasteiger partial charge in [0, 0.05) is 18.6 Å². The molecule has 0 unspecified atom stereocenters. The molecule has 2 amide bonds. The molecule has 24 heavy (non-hydrogen) atoms. The van der Waals surface area contributed by atoms with Crippen molar-refractivity contribution in [1.29, 1.82) is 0 Å². The highest BCUT2D eigenvalue weighted by atomic mass is 35.5. The summed E-state index contributed by atoms with van der Waals surface area (Å²) in [4.78, 5) is 27.3. The van der Waals surface area contributed by atoms with E-state index in [0.29, 0.717) is 13.1 Å². The van der Waals surface area contributed by atoms with Crippen molar-refractivity contribution in [2.75, 3.05) is 38.5 Å². The van der Waals surface area contributed by atoms with E-state index in [1.54, 1.807) is 11.9 Å². The lowest BCUT2D eigenvalue weighted by Gasteiger charge is -2.37. The van der Waals surface area contributed by atoms with Crippen LogP contribution in [-0.4, -0.2) is 60.6 Å². The highest BCUT2D eigenvalue weighted by molar-refractivity contribution is 6.30. The van der Waals surface area contributed by atoms with Gasteiger partial charge in [-0.15, -0.1) is 0 Å². The van der Waals surface area contributed by atoms with Crippen molar-refractivity contribution in [3.05, 3.63) is 29.0 Å². The number of hydrogen-bond donors (Lipinski definition) is 1. The Kier molecular flexibility index (Phi) is 4.64. The molecule has 1 atom stereocenters. The molecule has 0 saturated carbocycles. The van der Waals surface area contributed by atoms with E-state index in [1.165, 1.54) is 12.1 Å². The van der Waals surface area contributed by atoms with E-state index in [2.05, 4.69) is 5.32 Å². The van der Waals surface area contributed by atoms with Crippen LogP contribution in [0.5, 0.6) is 0 Å². The third kappa shape index (κ3) is 3.62. The maximum absolute atomic E-state index is 13.7. The van der Waals surface area contributed by atoms with Gasteiger partial charge in [-0.05, 0) is 37.6 Å². The fourth-order valence-electron chi connectivity index (χ4n) is 3.31. The third-order valence-corrected chi connectivity index (χ3v) is 4.57. The van der Waals surface area contributed by atoms with E-state index in [-0.39, 0.29) is 29.3 Å². The zero-order valence-corrected chi connectivity index (χ0v) is 14.1. The Morgan fingerprint density at radius 2 is 2.25 bits per heavy atom. The van der Waals surface area contributed by atoms with Crippen LogP contribution in [0.4, 0.5) is 14.9 Å². The van der Waals surface area contributed by atoms with E-state index in [0.717, 1.165) is 25.5 Å². The van der Waals surface area contributed by atoms with Gasteiger partial charge in [0.1, 0.15) is 11.4 Å². The third-order valence-electron chi connectivity index (χ3n) is 4.33. The Morgan fingerprint density at radius 1 is 1.46 bits per heavy atom. The van der Waals surface area contributed by atoms with Crippen molar-refractivity contribution >= 4 is 29.3 Å². The van der Waals surface area contributed by atoms with Gasteiger partial charge in [0.05, 0.1) is 18.8 Å². The minimum atomic E-state index is -0.572. The first-order valence-corrected chi connectivity index (χ1v) is 8.16. The predicted molar refractivity (Wildman–Crippen MR) is 87.6 cm³/mol. The number of halogens is 2. The lowest BCUT2D eigenvalue weighted by molar-refractivity contribution is -0.118. The molecule has 1 spiro atoms. The van der Waals surface area contributed by atoms with E-state index in [9.17, 15) is 14.0 Å². The molecule has 0 aromatic heterocycles. The molecule has 2 heterocycles.